The average Bonchev–Trinajstić information content (AvgIpc) is 3.24. The van der Waals surface area contributed by atoms with Crippen LogP contribution in [-0.4, -0.2) is 67.7 Å². The fourth-order valence-electron chi connectivity index (χ4n) is 5.59. The third-order valence-electron chi connectivity index (χ3n) is 8.33. The summed E-state index contributed by atoms with van der Waals surface area (Å²) in [6, 6.07) is 5.66. The van der Waals surface area contributed by atoms with Crippen LogP contribution in [0.5, 0.6) is 11.6 Å². The molecule has 0 radical (unpaired) electrons. The van der Waals surface area contributed by atoms with Crippen molar-refractivity contribution in [3.63, 3.8) is 0 Å². The van der Waals surface area contributed by atoms with E-state index in [0.29, 0.717) is 36.3 Å². The van der Waals surface area contributed by atoms with Crippen LogP contribution in [0.4, 0.5) is 0 Å². The van der Waals surface area contributed by atoms with Gasteiger partial charge in [0.15, 0.2) is 5.58 Å². The Kier molecular flexibility index (Phi) is 6.71. The second-order valence-corrected chi connectivity index (χ2v) is 10.6. The maximum atomic E-state index is 12.3. The number of rotatable bonds is 10. The van der Waals surface area contributed by atoms with Gasteiger partial charge in [-0.05, 0) is 74.8 Å². The number of hydrogen-bond donors (Lipinski definition) is 1. The van der Waals surface area contributed by atoms with E-state index >= 15 is 0 Å². The number of piperidine rings is 1. The smallest absolute Gasteiger partial charge is 0.313 e. The highest BCUT2D eigenvalue weighted by Crippen LogP contribution is 2.44. The molecule has 1 saturated heterocycles. The van der Waals surface area contributed by atoms with Gasteiger partial charge in [-0.1, -0.05) is 18.9 Å². The molecule has 3 fully saturated rings. The quantitative estimate of drug-likeness (QED) is 0.522. The first kappa shape index (κ1) is 23.4. The Hall–Kier alpha value is -2.32. The number of hydrogen-bond acceptors (Lipinski definition) is 8. The Morgan fingerprint density at radius 3 is 2.56 bits per heavy atom. The number of likely N-dealkylation sites (tertiary alicyclic amines) is 1. The summed E-state index contributed by atoms with van der Waals surface area (Å²) < 4.78 is 22.8. The number of fused-ring (bicyclic) bond motifs is 1. The monoisotopic (exact) mass is 472 g/mol. The lowest BCUT2D eigenvalue weighted by Gasteiger charge is -2.44. The number of aromatic nitrogens is 1. The molecule has 2 saturated carbocycles. The van der Waals surface area contributed by atoms with Gasteiger partial charge in [0.1, 0.15) is 11.1 Å². The number of aliphatic hydroxyl groups is 1. The highest BCUT2D eigenvalue weighted by atomic mass is 16.5. The standard InChI is InChI=1S/C26H36N2O6/c1-31-24(30)26(11-4-12-26)16-28-13-7-19(8-14-28)15-32-23-22-20(5-2-6-21(22)34-27-23)33-18-25(17-29)9-3-10-25/h2,5-6,19,29H,3-4,7-18H2,1H3. The Labute approximate surface area is 200 Å². The molecule has 8 nitrogen and oxygen atoms in total. The van der Waals surface area contributed by atoms with Crippen molar-refractivity contribution in [2.24, 2.45) is 16.7 Å². The molecule has 34 heavy (non-hydrogen) atoms. The van der Waals surface area contributed by atoms with Gasteiger partial charge >= 0.3 is 5.97 Å². The molecule has 1 aromatic carbocycles. The van der Waals surface area contributed by atoms with E-state index in [1.807, 2.05) is 18.2 Å². The third kappa shape index (κ3) is 4.50. The molecule has 2 heterocycles. The predicted molar refractivity (Wildman–Crippen MR) is 126 cm³/mol. The molecule has 1 aromatic heterocycles. The van der Waals surface area contributed by atoms with Crippen LogP contribution in [0, 0.1) is 16.7 Å². The van der Waals surface area contributed by atoms with Gasteiger partial charge in [0, 0.05) is 12.0 Å². The minimum atomic E-state index is -0.289. The van der Waals surface area contributed by atoms with Gasteiger partial charge in [0.05, 0.1) is 32.3 Å². The van der Waals surface area contributed by atoms with Crippen molar-refractivity contribution in [1.82, 2.24) is 10.1 Å². The van der Waals surface area contributed by atoms with E-state index in [0.717, 1.165) is 76.4 Å². The van der Waals surface area contributed by atoms with E-state index in [2.05, 4.69) is 10.1 Å². The van der Waals surface area contributed by atoms with Crippen molar-refractivity contribution in [3.8, 4) is 11.6 Å². The number of ether oxygens (including phenoxy) is 3. The molecule has 0 unspecified atom stereocenters. The molecular weight excluding hydrogens is 436 g/mol. The van der Waals surface area contributed by atoms with Gasteiger partial charge in [-0.2, -0.15) is 0 Å². The lowest BCUT2D eigenvalue weighted by atomic mass is 9.68. The summed E-state index contributed by atoms with van der Waals surface area (Å²) in [6.07, 6.45) is 8.15. The normalized spacial score (nSPS) is 22.1. The first-order valence-electron chi connectivity index (χ1n) is 12.6. The van der Waals surface area contributed by atoms with Gasteiger partial charge in [0.2, 0.25) is 0 Å². The van der Waals surface area contributed by atoms with E-state index in [-0.39, 0.29) is 23.4 Å². The van der Waals surface area contributed by atoms with E-state index in [1.165, 1.54) is 7.11 Å². The summed E-state index contributed by atoms with van der Waals surface area (Å²) in [5, 5.41) is 14.7. The predicted octanol–water partition coefficient (Wildman–Crippen LogP) is 3.80. The number of aliphatic hydroxyl groups excluding tert-OH is 1. The lowest BCUT2D eigenvalue weighted by molar-refractivity contribution is -0.160. The van der Waals surface area contributed by atoms with Gasteiger partial charge in [-0.25, -0.2) is 0 Å². The lowest BCUT2D eigenvalue weighted by Crippen LogP contribution is -2.50. The van der Waals surface area contributed by atoms with Gasteiger partial charge in [0.25, 0.3) is 5.88 Å². The third-order valence-corrected chi connectivity index (χ3v) is 8.33. The van der Waals surface area contributed by atoms with E-state index in [9.17, 15) is 9.90 Å². The van der Waals surface area contributed by atoms with E-state index in [4.69, 9.17) is 18.7 Å². The van der Waals surface area contributed by atoms with Crippen LogP contribution in [0.3, 0.4) is 0 Å². The second-order valence-electron chi connectivity index (χ2n) is 10.6. The van der Waals surface area contributed by atoms with Crippen molar-refractivity contribution in [1.29, 1.82) is 0 Å². The van der Waals surface area contributed by atoms with Crippen LogP contribution < -0.4 is 9.47 Å². The zero-order chi connectivity index (χ0) is 23.6. The Bertz CT molecular complexity index is 983. The van der Waals surface area contributed by atoms with Crippen LogP contribution in [0.2, 0.25) is 0 Å². The zero-order valence-corrected chi connectivity index (χ0v) is 20.1. The zero-order valence-electron chi connectivity index (χ0n) is 20.1. The molecule has 2 aliphatic carbocycles. The minimum Gasteiger partial charge on any atom is -0.492 e. The summed E-state index contributed by atoms with van der Waals surface area (Å²) in [7, 11) is 1.49. The Morgan fingerprint density at radius 2 is 1.94 bits per heavy atom. The number of esters is 1. The summed E-state index contributed by atoms with van der Waals surface area (Å²) in [5.74, 6) is 1.54. The topological polar surface area (TPSA) is 94.3 Å². The molecular formula is C26H36N2O6. The highest BCUT2D eigenvalue weighted by Gasteiger charge is 2.46. The minimum absolute atomic E-state index is 0.0534. The summed E-state index contributed by atoms with van der Waals surface area (Å²) in [6.45, 7) is 3.94. The molecule has 1 aliphatic heterocycles. The molecule has 0 spiro atoms. The molecule has 5 rings (SSSR count). The van der Waals surface area contributed by atoms with E-state index in [1.54, 1.807) is 0 Å². The SMILES string of the molecule is COC(=O)C1(CN2CCC(COc3noc4cccc(OCC5(CO)CCC5)c34)CC2)CCC1. The first-order chi connectivity index (χ1) is 16.6. The maximum absolute atomic E-state index is 12.3. The van der Waals surface area contributed by atoms with Crippen molar-refractivity contribution in [2.45, 2.75) is 51.4 Å². The highest BCUT2D eigenvalue weighted by molar-refractivity contribution is 5.88. The summed E-state index contributed by atoms with van der Waals surface area (Å²) >= 11 is 0. The molecule has 0 amide bonds. The van der Waals surface area contributed by atoms with Crippen molar-refractivity contribution in [3.05, 3.63) is 18.2 Å². The molecule has 8 heteroatoms. The van der Waals surface area contributed by atoms with Crippen LogP contribution in [0.15, 0.2) is 22.7 Å². The van der Waals surface area contributed by atoms with Crippen molar-refractivity contribution >= 4 is 16.9 Å². The summed E-state index contributed by atoms with van der Waals surface area (Å²) in [5.41, 5.74) is 0.227. The number of nitrogens with zero attached hydrogens (tertiary/aromatic N) is 2. The average molecular weight is 473 g/mol. The molecule has 2 aromatic rings. The Balaban J connectivity index is 1.16. The van der Waals surface area contributed by atoms with Crippen LogP contribution >= 0.6 is 0 Å². The van der Waals surface area contributed by atoms with Crippen LogP contribution in [0.1, 0.15) is 51.4 Å². The molecule has 1 N–H and O–H groups in total. The number of carbonyl (C=O) groups is 1. The number of methoxy groups -OCH3 is 1. The number of benzene rings is 1. The first-order valence-corrected chi connectivity index (χ1v) is 12.6. The van der Waals surface area contributed by atoms with Gasteiger partial charge < -0.3 is 28.7 Å². The fraction of sp³-hybridized carbons (Fsp3) is 0.692. The van der Waals surface area contributed by atoms with Gasteiger partial charge in [-0.15, -0.1) is 0 Å². The number of carbonyl (C=O) groups excluding carboxylic acids is 1. The van der Waals surface area contributed by atoms with Crippen LogP contribution in [0.25, 0.3) is 11.0 Å². The molecule has 0 bridgehead atoms. The molecule has 0 atom stereocenters. The van der Waals surface area contributed by atoms with E-state index < -0.39 is 0 Å². The van der Waals surface area contributed by atoms with Crippen molar-refractivity contribution in [2.75, 3.05) is 46.6 Å². The van der Waals surface area contributed by atoms with Crippen molar-refractivity contribution < 1.29 is 28.6 Å². The van der Waals surface area contributed by atoms with Gasteiger partial charge in [-0.3, -0.25) is 4.79 Å². The largest absolute Gasteiger partial charge is 0.492 e. The molecule has 3 aliphatic rings. The second kappa shape index (κ2) is 9.74. The summed E-state index contributed by atoms with van der Waals surface area (Å²) in [4.78, 5) is 14.7. The maximum Gasteiger partial charge on any atom is 0.313 e. The molecule has 186 valence electrons. The van der Waals surface area contributed by atoms with Crippen LogP contribution in [-0.2, 0) is 9.53 Å². The fourth-order valence-corrected chi connectivity index (χ4v) is 5.59. The Morgan fingerprint density at radius 1 is 1.18 bits per heavy atom.